The van der Waals surface area contributed by atoms with Gasteiger partial charge in [-0.25, -0.2) is 0 Å². The van der Waals surface area contributed by atoms with Crippen molar-refractivity contribution >= 4 is 0 Å². The first-order chi connectivity index (χ1) is 14.2. The molecular weight excluding hydrogens is 352 g/mol. The van der Waals surface area contributed by atoms with Crippen LogP contribution in [-0.2, 0) is 6.42 Å². The Labute approximate surface area is 181 Å². The summed E-state index contributed by atoms with van der Waals surface area (Å²) in [5.74, 6) is 0.813. The van der Waals surface area contributed by atoms with E-state index in [-0.39, 0.29) is 0 Å². The fraction of sp³-hybridized carbons (Fsp3) is 0.778. The van der Waals surface area contributed by atoms with Crippen LogP contribution in [0.5, 0.6) is 0 Å². The van der Waals surface area contributed by atoms with E-state index < -0.39 is 0 Å². The molecule has 0 amide bonds. The zero-order valence-corrected chi connectivity index (χ0v) is 19.5. The number of hydrogen-bond donors (Lipinski definition) is 1. The lowest BCUT2D eigenvalue weighted by molar-refractivity contribution is 0.224. The highest BCUT2D eigenvalue weighted by Crippen LogP contribution is 2.14. The number of likely N-dealkylation sites (tertiary alicyclic amines) is 1. The third-order valence-corrected chi connectivity index (χ3v) is 6.49. The molecule has 1 saturated heterocycles. The van der Waals surface area contributed by atoms with Crippen LogP contribution in [-0.4, -0.2) is 37.1 Å². The molecule has 0 spiro atoms. The predicted octanol–water partition coefficient (Wildman–Crippen LogP) is 6.84. The molecule has 2 nitrogen and oxygen atoms in total. The lowest BCUT2D eigenvalue weighted by Crippen LogP contribution is -2.30. The van der Waals surface area contributed by atoms with Gasteiger partial charge < -0.3 is 10.2 Å². The minimum Gasteiger partial charge on any atom is -0.314 e. The Morgan fingerprint density at radius 3 is 2.28 bits per heavy atom. The Kier molecular flexibility index (Phi) is 13.4. The maximum Gasteiger partial charge on any atom is 0.00672 e. The first-order valence-electron chi connectivity index (χ1n) is 12.7. The molecule has 1 atom stereocenters. The third kappa shape index (κ3) is 12.4. The maximum absolute atomic E-state index is 3.90. The van der Waals surface area contributed by atoms with E-state index >= 15 is 0 Å². The van der Waals surface area contributed by atoms with Crippen molar-refractivity contribution in [2.45, 2.75) is 103 Å². The van der Waals surface area contributed by atoms with Crippen molar-refractivity contribution in [1.82, 2.24) is 10.2 Å². The molecule has 0 aliphatic carbocycles. The van der Waals surface area contributed by atoms with Crippen LogP contribution in [0.4, 0.5) is 0 Å². The van der Waals surface area contributed by atoms with Gasteiger partial charge in [0.1, 0.15) is 0 Å². The number of piperidine rings is 1. The summed E-state index contributed by atoms with van der Waals surface area (Å²) in [6, 6.07) is 11.7. The molecular formula is C27H48N2. The van der Waals surface area contributed by atoms with Crippen molar-refractivity contribution in [2.75, 3.05) is 26.2 Å². The van der Waals surface area contributed by atoms with Crippen LogP contribution < -0.4 is 5.32 Å². The SMILES string of the molecule is CC(C)CCC(CCCc1ccccc1)NCCCCCCCN1CCCCC1. The summed E-state index contributed by atoms with van der Waals surface area (Å²) in [5.41, 5.74) is 1.49. The molecule has 1 aromatic carbocycles. The molecule has 1 aliphatic rings. The Balaban J connectivity index is 1.50. The van der Waals surface area contributed by atoms with E-state index in [1.165, 1.54) is 115 Å². The second kappa shape index (κ2) is 15.9. The average Bonchev–Trinajstić information content (AvgIpc) is 2.74. The minimum absolute atomic E-state index is 0.709. The summed E-state index contributed by atoms with van der Waals surface area (Å²) in [5, 5.41) is 3.90. The van der Waals surface area contributed by atoms with Crippen molar-refractivity contribution in [1.29, 1.82) is 0 Å². The lowest BCUT2D eigenvalue weighted by Gasteiger charge is -2.26. The highest BCUT2D eigenvalue weighted by atomic mass is 15.1. The summed E-state index contributed by atoms with van der Waals surface area (Å²) in [6.45, 7) is 9.96. The summed E-state index contributed by atoms with van der Waals surface area (Å²) in [7, 11) is 0. The first-order valence-corrected chi connectivity index (χ1v) is 12.7. The lowest BCUT2D eigenvalue weighted by atomic mass is 9.98. The molecule has 1 fully saturated rings. The van der Waals surface area contributed by atoms with Crippen LogP contribution in [0.3, 0.4) is 0 Å². The molecule has 1 N–H and O–H groups in total. The van der Waals surface area contributed by atoms with Gasteiger partial charge in [0.05, 0.1) is 0 Å². The molecule has 0 bridgehead atoms. The molecule has 2 rings (SSSR count). The summed E-state index contributed by atoms with van der Waals surface area (Å²) >= 11 is 0. The number of nitrogens with one attached hydrogen (secondary N) is 1. The molecule has 0 radical (unpaired) electrons. The third-order valence-electron chi connectivity index (χ3n) is 6.49. The Hall–Kier alpha value is -0.860. The first kappa shape index (κ1) is 24.4. The van der Waals surface area contributed by atoms with E-state index in [0.29, 0.717) is 6.04 Å². The van der Waals surface area contributed by atoms with Crippen LogP contribution in [0.15, 0.2) is 30.3 Å². The van der Waals surface area contributed by atoms with E-state index in [4.69, 9.17) is 0 Å². The largest absolute Gasteiger partial charge is 0.314 e. The normalized spacial score (nSPS) is 16.4. The molecule has 1 aliphatic heterocycles. The maximum atomic E-state index is 3.90. The highest BCUT2D eigenvalue weighted by molar-refractivity contribution is 5.14. The second-order valence-electron chi connectivity index (χ2n) is 9.67. The molecule has 0 aromatic heterocycles. The number of aryl methyl sites for hydroxylation is 1. The molecule has 29 heavy (non-hydrogen) atoms. The van der Waals surface area contributed by atoms with E-state index in [1.807, 2.05) is 0 Å². The van der Waals surface area contributed by atoms with Crippen LogP contribution >= 0.6 is 0 Å². The van der Waals surface area contributed by atoms with Gasteiger partial charge in [-0.15, -0.1) is 0 Å². The fourth-order valence-corrected chi connectivity index (χ4v) is 4.56. The van der Waals surface area contributed by atoms with Gasteiger partial charge in [0, 0.05) is 6.04 Å². The van der Waals surface area contributed by atoms with Crippen LogP contribution in [0.2, 0.25) is 0 Å². The smallest absolute Gasteiger partial charge is 0.00672 e. The zero-order chi connectivity index (χ0) is 20.6. The van der Waals surface area contributed by atoms with Crippen molar-refractivity contribution in [3.05, 3.63) is 35.9 Å². The van der Waals surface area contributed by atoms with Gasteiger partial charge in [-0.3, -0.25) is 0 Å². The minimum atomic E-state index is 0.709. The quantitative estimate of drug-likeness (QED) is 0.306. The fourth-order valence-electron chi connectivity index (χ4n) is 4.56. The van der Waals surface area contributed by atoms with Crippen molar-refractivity contribution in [3.63, 3.8) is 0 Å². The van der Waals surface area contributed by atoms with Gasteiger partial charge in [-0.2, -0.15) is 0 Å². The topological polar surface area (TPSA) is 15.3 Å². The molecule has 1 heterocycles. The van der Waals surface area contributed by atoms with E-state index in [0.717, 1.165) is 5.92 Å². The number of benzene rings is 1. The molecule has 0 saturated carbocycles. The van der Waals surface area contributed by atoms with Gasteiger partial charge in [-0.1, -0.05) is 69.9 Å². The standard InChI is InChI=1S/C27H48N2/c1-25(2)19-20-27(18-14-17-26-15-8-6-9-16-26)28-21-10-4-3-5-11-22-29-23-12-7-13-24-29/h6,8-9,15-16,25,27-28H,3-5,7,10-14,17-24H2,1-2H3. The zero-order valence-electron chi connectivity index (χ0n) is 19.5. The van der Waals surface area contributed by atoms with Crippen LogP contribution in [0.25, 0.3) is 0 Å². The number of rotatable bonds is 16. The number of unbranched alkanes of at least 4 members (excludes halogenated alkanes) is 4. The van der Waals surface area contributed by atoms with Gasteiger partial charge >= 0.3 is 0 Å². The van der Waals surface area contributed by atoms with Gasteiger partial charge in [0.25, 0.3) is 0 Å². The summed E-state index contributed by atoms with van der Waals surface area (Å²) < 4.78 is 0. The Morgan fingerprint density at radius 1 is 0.793 bits per heavy atom. The highest BCUT2D eigenvalue weighted by Gasteiger charge is 2.10. The van der Waals surface area contributed by atoms with Gasteiger partial charge in [0.15, 0.2) is 0 Å². The summed E-state index contributed by atoms with van der Waals surface area (Å²) in [6.07, 6.45) is 17.8. The van der Waals surface area contributed by atoms with E-state index in [2.05, 4.69) is 54.4 Å². The predicted molar refractivity (Wildman–Crippen MR) is 129 cm³/mol. The van der Waals surface area contributed by atoms with E-state index in [1.54, 1.807) is 0 Å². The molecule has 1 aromatic rings. The Bertz CT molecular complexity index is 479. The van der Waals surface area contributed by atoms with E-state index in [9.17, 15) is 0 Å². The van der Waals surface area contributed by atoms with Gasteiger partial charge in [-0.05, 0) is 95.4 Å². The number of hydrogen-bond acceptors (Lipinski definition) is 2. The number of nitrogens with zero attached hydrogens (tertiary/aromatic N) is 1. The van der Waals surface area contributed by atoms with Crippen molar-refractivity contribution in [3.8, 4) is 0 Å². The molecule has 166 valence electrons. The molecule has 2 heteroatoms. The monoisotopic (exact) mass is 400 g/mol. The van der Waals surface area contributed by atoms with Crippen LogP contribution in [0, 0.1) is 5.92 Å². The molecule has 1 unspecified atom stereocenters. The summed E-state index contributed by atoms with van der Waals surface area (Å²) in [4.78, 5) is 2.68. The van der Waals surface area contributed by atoms with Crippen molar-refractivity contribution in [2.24, 2.45) is 5.92 Å². The van der Waals surface area contributed by atoms with Gasteiger partial charge in [0.2, 0.25) is 0 Å². The average molecular weight is 401 g/mol. The second-order valence-corrected chi connectivity index (χ2v) is 9.67. The van der Waals surface area contributed by atoms with Crippen molar-refractivity contribution < 1.29 is 0 Å². The van der Waals surface area contributed by atoms with Crippen LogP contribution in [0.1, 0.15) is 96.5 Å². The Morgan fingerprint density at radius 2 is 1.52 bits per heavy atom.